The van der Waals surface area contributed by atoms with Gasteiger partial charge in [0.15, 0.2) is 5.43 Å². The van der Waals surface area contributed by atoms with E-state index in [4.69, 9.17) is 5.11 Å². The lowest BCUT2D eigenvalue weighted by Crippen LogP contribution is -2.43. The Morgan fingerprint density at radius 1 is 1.43 bits per heavy atom. The number of imidazole rings is 1. The maximum Gasteiger partial charge on any atom is 0.326 e. The SMILES string of the molecule is Cc1cc(=O)c(C(=O)NC(Cc2cnc[nH]2)C(=O)O)c[nH]1. The van der Waals surface area contributed by atoms with E-state index >= 15 is 0 Å². The molecule has 0 saturated heterocycles. The number of carbonyl (C=O) groups is 2. The average Bonchev–Trinajstić information content (AvgIpc) is 2.90. The maximum atomic E-state index is 12.0. The minimum Gasteiger partial charge on any atom is -0.480 e. The molecule has 0 saturated carbocycles. The zero-order chi connectivity index (χ0) is 15.4. The number of hydrogen-bond donors (Lipinski definition) is 4. The molecule has 2 heterocycles. The van der Waals surface area contributed by atoms with E-state index in [9.17, 15) is 14.4 Å². The number of nitrogens with one attached hydrogen (secondary N) is 3. The predicted molar refractivity (Wildman–Crippen MR) is 73.0 cm³/mol. The Labute approximate surface area is 119 Å². The van der Waals surface area contributed by atoms with Gasteiger partial charge in [0.1, 0.15) is 11.6 Å². The highest BCUT2D eigenvalue weighted by molar-refractivity contribution is 5.96. The van der Waals surface area contributed by atoms with Gasteiger partial charge >= 0.3 is 5.97 Å². The van der Waals surface area contributed by atoms with Gasteiger partial charge < -0.3 is 20.4 Å². The molecule has 1 atom stereocenters. The van der Waals surface area contributed by atoms with Crippen molar-refractivity contribution in [3.8, 4) is 0 Å². The van der Waals surface area contributed by atoms with Crippen molar-refractivity contribution >= 4 is 11.9 Å². The first-order chi connectivity index (χ1) is 9.97. The van der Waals surface area contributed by atoms with Gasteiger partial charge in [-0.3, -0.25) is 9.59 Å². The van der Waals surface area contributed by atoms with Crippen molar-refractivity contribution in [1.29, 1.82) is 0 Å². The zero-order valence-electron chi connectivity index (χ0n) is 11.2. The summed E-state index contributed by atoms with van der Waals surface area (Å²) in [6.07, 6.45) is 4.20. The quantitative estimate of drug-likeness (QED) is 0.608. The van der Waals surface area contributed by atoms with Crippen LogP contribution in [0.25, 0.3) is 0 Å². The monoisotopic (exact) mass is 290 g/mol. The minimum atomic E-state index is -1.19. The number of pyridine rings is 1. The number of aryl methyl sites for hydroxylation is 1. The number of hydrogen-bond acceptors (Lipinski definition) is 4. The van der Waals surface area contributed by atoms with Gasteiger partial charge in [0, 0.05) is 36.3 Å². The largest absolute Gasteiger partial charge is 0.480 e. The van der Waals surface area contributed by atoms with Crippen LogP contribution in [0.3, 0.4) is 0 Å². The normalized spacial score (nSPS) is 11.9. The van der Waals surface area contributed by atoms with Crippen LogP contribution in [-0.4, -0.2) is 38.0 Å². The number of H-pyrrole nitrogens is 2. The van der Waals surface area contributed by atoms with Crippen molar-refractivity contribution in [3.05, 3.63) is 52.0 Å². The summed E-state index contributed by atoms with van der Waals surface area (Å²) in [6, 6.07) is 0.123. The van der Waals surface area contributed by atoms with E-state index in [1.165, 1.54) is 24.8 Å². The van der Waals surface area contributed by atoms with Crippen LogP contribution in [0.4, 0.5) is 0 Å². The summed E-state index contributed by atoms with van der Waals surface area (Å²) in [5, 5.41) is 11.5. The summed E-state index contributed by atoms with van der Waals surface area (Å²) >= 11 is 0. The number of carboxylic acids is 1. The molecular formula is C13H14N4O4. The lowest BCUT2D eigenvalue weighted by molar-refractivity contribution is -0.139. The van der Waals surface area contributed by atoms with Crippen LogP contribution in [0.1, 0.15) is 21.7 Å². The van der Waals surface area contributed by atoms with Crippen molar-refractivity contribution in [2.24, 2.45) is 0 Å². The minimum absolute atomic E-state index is 0.0465. The van der Waals surface area contributed by atoms with Crippen LogP contribution in [0.5, 0.6) is 0 Å². The Morgan fingerprint density at radius 3 is 2.76 bits per heavy atom. The van der Waals surface area contributed by atoms with Gasteiger partial charge in [0.05, 0.1) is 6.33 Å². The Hall–Kier alpha value is -2.90. The number of aromatic nitrogens is 3. The van der Waals surface area contributed by atoms with Crippen molar-refractivity contribution < 1.29 is 14.7 Å². The number of aliphatic carboxylic acids is 1. The topological polar surface area (TPSA) is 128 Å². The molecule has 1 unspecified atom stereocenters. The summed E-state index contributed by atoms with van der Waals surface area (Å²) in [4.78, 5) is 44.2. The van der Waals surface area contributed by atoms with Crippen LogP contribution in [0, 0.1) is 6.92 Å². The molecule has 8 heteroatoms. The van der Waals surface area contributed by atoms with Crippen LogP contribution >= 0.6 is 0 Å². The fourth-order valence-corrected chi connectivity index (χ4v) is 1.80. The lowest BCUT2D eigenvalue weighted by Gasteiger charge is -2.13. The second kappa shape index (κ2) is 6.04. The summed E-state index contributed by atoms with van der Waals surface area (Å²) in [7, 11) is 0. The molecule has 1 amide bonds. The maximum absolute atomic E-state index is 12.0. The summed E-state index contributed by atoms with van der Waals surface area (Å²) in [5.41, 5.74) is 0.593. The molecule has 2 rings (SSSR count). The highest BCUT2D eigenvalue weighted by Gasteiger charge is 2.22. The van der Waals surface area contributed by atoms with Gasteiger partial charge in [-0.25, -0.2) is 9.78 Å². The van der Waals surface area contributed by atoms with Gasteiger partial charge in [-0.1, -0.05) is 0 Å². The van der Waals surface area contributed by atoms with E-state index in [-0.39, 0.29) is 12.0 Å². The van der Waals surface area contributed by atoms with Crippen LogP contribution in [-0.2, 0) is 11.2 Å². The number of amides is 1. The standard InChI is InChI=1S/C13H14N4O4/c1-7-2-11(18)9(5-15-7)12(19)17-10(13(20)21)3-8-4-14-6-16-8/h2,4-6,10H,3H2,1H3,(H,14,16)(H,15,18)(H,17,19)(H,20,21). The fourth-order valence-electron chi connectivity index (χ4n) is 1.80. The van der Waals surface area contributed by atoms with Crippen molar-refractivity contribution in [2.45, 2.75) is 19.4 Å². The average molecular weight is 290 g/mol. The molecule has 4 N–H and O–H groups in total. The van der Waals surface area contributed by atoms with Crippen molar-refractivity contribution in [2.75, 3.05) is 0 Å². The zero-order valence-corrected chi connectivity index (χ0v) is 11.2. The van der Waals surface area contributed by atoms with E-state index < -0.39 is 23.3 Å². The molecule has 21 heavy (non-hydrogen) atoms. The third-order valence-corrected chi connectivity index (χ3v) is 2.88. The number of carboxylic acid groups (broad SMARTS) is 1. The van der Waals surface area contributed by atoms with Gasteiger partial charge in [-0.2, -0.15) is 0 Å². The molecule has 0 aliphatic carbocycles. The Balaban J connectivity index is 2.14. The Morgan fingerprint density at radius 2 is 2.19 bits per heavy atom. The van der Waals surface area contributed by atoms with Crippen molar-refractivity contribution in [1.82, 2.24) is 20.3 Å². The second-order valence-corrected chi connectivity index (χ2v) is 4.54. The number of rotatable bonds is 5. The van der Waals surface area contributed by atoms with E-state index in [0.717, 1.165) is 0 Å². The fraction of sp³-hybridized carbons (Fsp3) is 0.231. The summed E-state index contributed by atoms with van der Waals surface area (Å²) < 4.78 is 0. The predicted octanol–water partition coefficient (Wildman–Crippen LogP) is -0.168. The molecule has 2 aromatic rings. The first-order valence-corrected chi connectivity index (χ1v) is 6.17. The molecule has 110 valence electrons. The number of aromatic amines is 2. The van der Waals surface area contributed by atoms with Gasteiger partial charge in [-0.15, -0.1) is 0 Å². The molecule has 0 aliphatic rings. The Bertz CT molecular complexity index is 705. The van der Waals surface area contributed by atoms with E-state index in [0.29, 0.717) is 11.4 Å². The molecule has 0 aromatic carbocycles. The molecule has 0 bridgehead atoms. The van der Waals surface area contributed by atoms with Crippen LogP contribution in [0.15, 0.2) is 29.6 Å². The highest BCUT2D eigenvalue weighted by atomic mass is 16.4. The van der Waals surface area contributed by atoms with Crippen LogP contribution < -0.4 is 10.7 Å². The second-order valence-electron chi connectivity index (χ2n) is 4.54. The Kier molecular flexibility index (Phi) is 4.17. The molecule has 8 nitrogen and oxygen atoms in total. The third kappa shape index (κ3) is 3.56. The van der Waals surface area contributed by atoms with E-state index in [2.05, 4.69) is 20.3 Å². The molecule has 0 aliphatic heterocycles. The number of carbonyl (C=O) groups excluding carboxylic acids is 1. The smallest absolute Gasteiger partial charge is 0.326 e. The first-order valence-electron chi connectivity index (χ1n) is 6.17. The summed E-state index contributed by atoms with van der Waals surface area (Å²) in [5.74, 6) is -1.93. The number of nitrogens with zero attached hydrogens (tertiary/aromatic N) is 1. The van der Waals surface area contributed by atoms with E-state index in [1.807, 2.05) is 0 Å². The van der Waals surface area contributed by atoms with Gasteiger partial charge in [-0.05, 0) is 6.92 Å². The molecule has 0 radical (unpaired) electrons. The highest BCUT2D eigenvalue weighted by Crippen LogP contribution is 2.01. The first kappa shape index (κ1) is 14.5. The lowest BCUT2D eigenvalue weighted by atomic mass is 10.1. The molecule has 0 fully saturated rings. The van der Waals surface area contributed by atoms with Crippen LogP contribution in [0.2, 0.25) is 0 Å². The third-order valence-electron chi connectivity index (χ3n) is 2.88. The molecule has 0 spiro atoms. The van der Waals surface area contributed by atoms with Gasteiger partial charge in [0.2, 0.25) is 0 Å². The van der Waals surface area contributed by atoms with Gasteiger partial charge in [0.25, 0.3) is 5.91 Å². The van der Waals surface area contributed by atoms with E-state index in [1.54, 1.807) is 6.92 Å². The van der Waals surface area contributed by atoms with Crippen molar-refractivity contribution in [3.63, 3.8) is 0 Å². The summed E-state index contributed by atoms with van der Waals surface area (Å²) in [6.45, 7) is 1.68. The molecular weight excluding hydrogens is 276 g/mol. The molecule has 2 aromatic heterocycles.